The lowest BCUT2D eigenvalue weighted by Crippen LogP contribution is -2.21. The van der Waals surface area contributed by atoms with E-state index in [1.54, 1.807) is 19.1 Å². The number of nitrogens with two attached hydrogens (primary N) is 1. The molecule has 88 valence electrons. The molecule has 0 unspecified atom stereocenters. The Bertz CT molecular complexity index is 404. The molecule has 2 nitrogen and oxygen atoms in total. The van der Waals surface area contributed by atoms with Gasteiger partial charge in [-0.2, -0.15) is 13.2 Å². The summed E-state index contributed by atoms with van der Waals surface area (Å²) in [6, 6.07) is 4.82. The number of aryl methyl sites for hydroxylation is 1. The van der Waals surface area contributed by atoms with Crippen molar-refractivity contribution in [1.82, 2.24) is 0 Å². The summed E-state index contributed by atoms with van der Waals surface area (Å²) in [6.45, 7) is 0.279. The molecule has 0 aromatic heterocycles. The molecule has 1 rings (SSSR count). The zero-order valence-corrected chi connectivity index (χ0v) is 9.28. The first-order chi connectivity index (χ1) is 7.31. The van der Waals surface area contributed by atoms with Gasteiger partial charge in [-0.15, -0.1) is 0 Å². The minimum absolute atomic E-state index is 0.0147. The maximum atomic E-state index is 12.0. The van der Waals surface area contributed by atoms with Crippen LogP contribution >= 0.6 is 12.2 Å². The number of alkyl halides is 3. The Labute approximate surface area is 96.2 Å². The summed E-state index contributed by atoms with van der Waals surface area (Å²) in [6.07, 6.45) is -4.38. The third-order valence-electron chi connectivity index (χ3n) is 1.86. The fourth-order valence-electron chi connectivity index (χ4n) is 1.19. The molecule has 0 aliphatic rings. The quantitative estimate of drug-likeness (QED) is 0.836. The Morgan fingerprint density at radius 1 is 1.44 bits per heavy atom. The van der Waals surface area contributed by atoms with Crippen molar-refractivity contribution in [3.05, 3.63) is 29.3 Å². The van der Waals surface area contributed by atoms with Crippen LogP contribution < -0.4 is 10.5 Å². The van der Waals surface area contributed by atoms with E-state index in [0.29, 0.717) is 11.1 Å². The lowest BCUT2D eigenvalue weighted by Gasteiger charge is -2.14. The molecule has 0 aliphatic carbocycles. The van der Waals surface area contributed by atoms with Crippen LogP contribution in [-0.4, -0.2) is 17.8 Å². The standard InChI is InChI=1S/C10H10F3NOS/c1-6-3-2-4-7(9(14)16)8(6)15-5-10(11,12)13/h2-4H,5H2,1H3,(H2,14,16). The molecule has 0 fully saturated rings. The fraction of sp³-hybridized carbons (Fsp3) is 0.300. The fourth-order valence-corrected chi connectivity index (χ4v) is 1.35. The van der Waals surface area contributed by atoms with E-state index in [9.17, 15) is 13.2 Å². The van der Waals surface area contributed by atoms with Gasteiger partial charge in [-0.25, -0.2) is 0 Å². The van der Waals surface area contributed by atoms with E-state index in [4.69, 9.17) is 22.7 Å². The highest BCUT2D eigenvalue weighted by Gasteiger charge is 2.29. The van der Waals surface area contributed by atoms with Gasteiger partial charge in [0, 0.05) is 0 Å². The summed E-state index contributed by atoms with van der Waals surface area (Å²) in [4.78, 5) is 0.0147. The maximum absolute atomic E-state index is 12.0. The first kappa shape index (κ1) is 12.8. The SMILES string of the molecule is Cc1cccc(C(N)=S)c1OCC(F)(F)F. The molecule has 0 aliphatic heterocycles. The second-order valence-corrected chi connectivity index (χ2v) is 3.66. The summed E-state index contributed by atoms with van der Waals surface area (Å²) in [5.41, 5.74) is 6.28. The zero-order chi connectivity index (χ0) is 12.3. The molecule has 0 bridgehead atoms. The van der Waals surface area contributed by atoms with E-state index >= 15 is 0 Å². The summed E-state index contributed by atoms with van der Waals surface area (Å²) in [5, 5.41) is 0. The minimum Gasteiger partial charge on any atom is -0.483 e. The minimum atomic E-state index is -4.38. The summed E-state index contributed by atoms with van der Waals surface area (Å²) < 4.78 is 40.8. The highest BCUT2D eigenvalue weighted by molar-refractivity contribution is 7.80. The first-order valence-electron chi connectivity index (χ1n) is 4.40. The molecule has 6 heteroatoms. The van der Waals surface area contributed by atoms with Gasteiger partial charge in [0.1, 0.15) is 10.7 Å². The van der Waals surface area contributed by atoms with Gasteiger partial charge >= 0.3 is 6.18 Å². The number of benzene rings is 1. The second-order valence-electron chi connectivity index (χ2n) is 3.22. The van der Waals surface area contributed by atoms with Gasteiger partial charge in [-0.1, -0.05) is 24.4 Å². The van der Waals surface area contributed by atoms with Crippen molar-refractivity contribution in [3.8, 4) is 5.75 Å². The van der Waals surface area contributed by atoms with Crippen molar-refractivity contribution < 1.29 is 17.9 Å². The van der Waals surface area contributed by atoms with Crippen LogP contribution in [0.1, 0.15) is 11.1 Å². The van der Waals surface area contributed by atoms with Crippen molar-refractivity contribution in [2.45, 2.75) is 13.1 Å². The summed E-state index contributed by atoms with van der Waals surface area (Å²) in [7, 11) is 0. The molecule has 0 saturated heterocycles. The Morgan fingerprint density at radius 3 is 2.56 bits per heavy atom. The lowest BCUT2D eigenvalue weighted by atomic mass is 10.1. The molecule has 0 saturated carbocycles. The largest absolute Gasteiger partial charge is 0.483 e. The van der Waals surface area contributed by atoms with Crippen LogP contribution in [-0.2, 0) is 0 Å². The predicted octanol–water partition coefficient (Wildman–Crippen LogP) is 2.57. The van der Waals surface area contributed by atoms with E-state index < -0.39 is 12.8 Å². The monoisotopic (exact) mass is 249 g/mol. The number of halogens is 3. The highest BCUT2D eigenvalue weighted by atomic mass is 32.1. The van der Waals surface area contributed by atoms with E-state index in [2.05, 4.69) is 0 Å². The van der Waals surface area contributed by atoms with Crippen molar-refractivity contribution in [2.75, 3.05) is 6.61 Å². The lowest BCUT2D eigenvalue weighted by molar-refractivity contribution is -0.153. The van der Waals surface area contributed by atoms with E-state index in [1.165, 1.54) is 6.07 Å². The molecule has 0 radical (unpaired) electrons. The number of rotatable bonds is 3. The van der Waals surface area contributed by atoms with Crippen LogP contribution in [0.15, 0.2) is 18.2 Å². The normalized spacial score (nSPS) is 11.2. The van der Waals surface area contributed by atoms with Crippen molar-refractivity contribution in [1.29, 1.82) is 0 Å². The molecule has 0 spiro atoms. The van der Waals surface area contributed by atoms with Crippen molar-refractivity contribution in [3.63, 3.8) is 0 Å². The topological polar surface area (TPSA) is 35.2 Å². The molecule has 1 aromatic carbocycles. The molecular weight excluding hydrogens is 239 g/mol. The molecule has 0 amide bonds. The Balaban J connectivity index is 2.98. The van der Waals surface area contributed by atoms with Gasteiger partial charge in [0.2, 0.25) is 0 Å². The highest BCUT2D eigenvalue weighted by Crippen LogP contribution is 2.25. The van der Waals surface area contributed by atoms with Crippen LogP contribution in [0.5, 0.6) is 5.75 Å². The Hall–Kier alpha value is -1.30. The third-order valence-corrected chi connectivity index (χ3v) is 2.08. The van der Waals surface area contributed by atoms with Crippen molar-refractivity contribution in [2.24, 2.45) is 5.73 Å². The predicted molar refractivity (Wildman–Crippen MR) is 58.6 cm³/mol. The molecule has 0 atom stereocenters. The van der Waals surface area contributed by atoms with Gasteiger partial charge in [0.25, 0.3) is 0 Å². The second kappa shape index (κ2) is 4.69. The molecule has 0 heterocycles. The van der Waals surface area contributed by atoms with Crippen LogP contribution in [0, 0.1) is 6.92 Å². The number of hydrogen-bond acceptors (Lipinski definition) is 2. The van der Waals surface area contributed by atoms with Crippen LogP contribution in [0.25, 0.3) is 0 Å². The van der Waals surface area contributed by atoms with Crippen molar-refractivity contribution >= 4 is 17.2 Å². The van der Waals surface area contributed by atoms with E-state index in [-0.39, 0.29) is 10.7 Å². The van der Waals surface area contributed by atoms with Crippen LogP contribution in [0.2, 0.25) is 0 Å². The van der Waals surface area contributed by atoms with Crippen LogP contribution in [0.3, 0.4) is 0 Å². The van der Waals surface area contributed by atoms with Gasteiger partial charge < -0.3 is 10.5 Å². The summed E-state index contributed by atoms with van der Waals surface area (Å²) in [5.74, 6) is 0.0901. The number of para-hydroxylation sites is 1. The molecule has 2 N–H and O–H groups in total. The van der Waals surface area contributed by atoms with Gasteiger partial charge in [-0.05, 0) is 18.6 Å². The van der Waals surface area contributed by atoms with Gasteiger partial charge in [-0.3, -0.25) is 0 Å². The van der Waals surface area contributed by atoms with E-state index in [1.807, 2.05) is 0 Å². The molecular formula is C10H10F3NOS. The molecule has 1 aromatic rings. The van der Waals surface area contributed by atoms with E-state index in [0.717, 1.165) is 0 Å². The van der Waals surface area contributed by atoms with Gasteiger partial charge in [0.05, 0.1) is 5.56 Å². The Kier molecular flexibility index (Phi) is 3.74. The van der Waals surface area contributed by atoms with Gasteiger partial charge in [0.15, 0.2) is 6.61 Å². The smallest absolute Gasteiger partial charge is 0.422 e. The number of hydrogen-bond donors (Lipinski definition) is 1. The average Bonchev–Trinajstić information content (AvgIpc) is 2.13. The van der Waals surface area contributed by atoms with Crippen LogP contribution in [0.4, 0.5) is 13.2 Å². The zero-order valence-electron chi connectivity index (χ0n) is 8.47. The third kappa shape index (κ3) is 3.37. The Morgan fingerprint density at radius 2 is 2.06 bits per heavy atom. The molecule has 16 heavy (non-hydrogen) atoms. The summed E-state index contributed by atoms with van der Waals surface area (Å²) >= 11 is 4.73. The maximum Gasteiger partial charge on any atom is 0.422 e. The number of thiocarbonyl (C=S) groups is 1. The first-order valence-corrected chi connectivity index (χ1v) is 4.81. The average molecular weight is 249 g/mol. The number of ether oxygens (including phenoxy) is 1.